The minimum Gasteiger partial charge on any atom is -0.453 e. The van der Waals surface area contributed by atoms with E-state index in [0.717, 1.165) is 0 Å². The molecule has 178 valence electrons. The van der Waals surface area contributed by atoms with E-state index in [9.17, 15) is 14.7 Å². The van der Waals surface area contributed by atoms with E-state index < -0.39 is 36.4 Å². The van der Waals surface area contributed by atoms with Crippen molar-refractivity contribution >= 4 is 28.9 Å². The number of benzene rings is 2. The molecule has 4 N–H and O–H groups in total. The number of carbonyl (C=O) groups excluding carboxylic acids is 2. The summed E-state index contributed by atoms with van der Waals surface area (Å²) in [5.41, 5.74) is 7.33. The van der Waals surface area contributed by atoms with E-state index in [-0.39, 0.29) is 29.5 Å². The van der Waals surface area contributed by atoms with E-state index in [0.29, 0.717) is 11.1 Å². The number of hydrogen-bond donors (Lipinski definition) is 3. The average Bonchev–Trinajstić information content (AvgIpc) is 3.37. The van der Waals surface area contributed by atoms with Gasteiger partial charge in [-0.05, 0) is 24.3 Å². The number of fused-ring (bicyclic) bond motifs is 1. The third-order valence-corrected chi connectivity index (χ3v) is 5.56. The predicted molar refractivity (Wildman–Crippen MR) is 122 cm³/mol. The lowest BCUT2D eigenvalue weighted by Crippen LogP contribution is -2.53. The Balaban J connectivity index is 1.44. The lowest BCUT2D eigenvalue weighted by atomic mass is 9.98. The third-order valence-electron chi connectivity index (χ3n) is 5.56. The number of imidazole rings is 1. The van der Waals surface area contributed by atoms with Gasteiger partial charge >= 0.3 is 11.9 Å². The molecule has 0 amide bonds. The molecule has 1 aliphatic heterocycles. The number of anilines is 1. The third kappa shape index (κ3) is 4.54. The monoisotopic (exact) mass is 475 g/mol. The second-order valence-electron chi connectivity index (χ2n) is 7.86. The van der Waals surface area contributed by atoms with Crippen LogP contribution in [0.25, 0.3) is 11.2 Å². The number of aliphatic hydroxyl groups is 1. The molecule has 11 nitrogen and oxygen atoms in total. The van der Waals surface area contributed by atoms with Gasteiger partial charge in [-0.3, -0.25) is 0 Å². The first kappa shape index (κ1) is 22.4. The van der Waals surface area contributed by atoms with Crippen molar-refractivity contribution in [2.45, 2.75) is 24.4 Å². The van der Waals surface area contributed by atoms with Gasteiger partial charge in [0, 0.05) is 0 Å². The number of aliphatic hydroxyl groups excluding tert-OH is 1. The first-order valence-electron chi connectivity index (χ1n) is 10.8. The smallest absolute Gasteiger partial charge is 0.338 e. The first-order chi connectivity index (χ1) is 17.0. The van der Waals surface area contributed by atoms with Gasteiger partial charge in [0.25, 0.3) is 0 Å². The Labute approximate surface area is 198 Å². The summed E-state index contributed by atoms with van der Waals surface area (Å²) in [5, 5.41) is 11.2. The van der Waals surface area contributed by atoms with Crippen LogP contribution in [0.2, 0.25) is 0 Å². The number of nitrogens with one attached hydrogen (secondary N) is 1. The summed E-state index contributed by atoms with van der Waals surface area (Å²) in [6, 6.07) is 16.6. The van der Waals surface area contributed by atoms with E-state index in [4.69, 9.17) is 19.9 Å². The molecule has 4 aromatic rings. The number of H-pyrrole nitrogens is 1. The zero-order valence-corrected chi connectivity index (χ0v) is 18.3. The summed E-state index contributed by atoms with van der Waals surface area (Å²) in [6.07, 6.45) is -3.52. The Bertz CT molecular complexity index is 1350. The van der Waals surface area contributed by atoms with Crippen molar-refractivity contribution in [3.63, 3.8) is 0 Å². The van der Waals surface area contributed by atoms with Crippen molar-refractivity contribution in [1.82, 2.24) is 19.9 Å². The number of esters is 2. The highest BCUT2D eigenvalue weighted by molar-refractivity contribution is 5.90. The number of nitrogens with two attached hydrogens (primary N) is 1. The molecule has 1 fully saturated rings. The second-order valence-corrected chi connectivity index (χ2v) is 7.86. The highest BCUT2D eigenvalue weighted by Gasteiger charge is 2.46. The van der Waals surface area contributed by atoms with Gasteiger partial charge in [0.1, 0.15) is 11.6 Å². The van der Waals surface area contributed by atoms with Crippen LogP contribution in [0.4, 0.5) is 5.82 Å². The van der Waals surface area contributed by atoms with Gasteiger partial charge in [-0.15, -0.1) is 0 Å². The van der Waals surface area contributed by atoms with E-state index in [2.05, 4.69) is 19.9 Å². The maximum absolute atomic E-state index is 12.8. The molecule has 1 saturated heterocycles. The average molecular weight is 475 g/mol. The molecular formula is C24H21N5O6. The molecule has 0 spiro atoms. The molecule has 0 radical (unpaired) electrons. The van der Waals surface area contributed by atoms with E-state index in [1.807, 2.05) is 0 Å². The lowest BCUT2D eigenvalue weighted by molar-refractivity contribution is -0.193. The standard InChI is InChI=1S/C24H21N5O6/c25-20-16-21(27-12-26-16)29-22(28-20)19-18(35-24(32)14-9-5-2-6-10-14)17(30)15(11-33-19)34-23(31)13-7-3-1-4-8-13/h1-10,12,15,17-19,30H,11H2,(H3,25,26,27,28,29)/t15-,17-,18-,19-/m1/s1. The number of ether oxygens (including phenoxy) is 3. The molecule has 11 heteroatoms. The summed E-state index contributed by atoms with van der Waals surface area (Å²) >= 11 is 0. The van der Waals surface area contributed by atoms with Crippen LogP contribution in [-0.2, 0) is 14.2 Å². The summed E-state index contributed by atoms with van der Waals surface area (Å²) in [4.78, 5) is 41.0. The highest BCUT2D eigenvalue weighted by Crippen LogP contribution is 2.33. The molecule has 3 heterocycles. The molecule has 2 aromatic carbocycles. The molecule has 0 saturated carbocycles. The SMILES string of the molecule is Nc1nc([C@@H]2OC[C@@H](OC(=O)c3ccccc3)[C@@H](O)[C@H]2OC(=O)c2ccccc2)nc2nc[nH]c12. The van der Waals surface area contributed by atoms with Crippen LogP contribution in [0.15, 0.2) is 67.0 Å². The van der Waals surface area contributed by atoms with Gasteiger partial charge < -0.3 is 30.0 Å². The minimum absolute atomic E-state index is 0.0693. The van der Waals surface area contributed by atoms with Crippen molar-refractivity contribution in [3.8, 4) is 0 Å². The second kappa shape index (κ2) is 9.49. The van der Waals surface area contributed by atoms with Gasteiger partial charge in [0.15, 0.2) is 35.6 Å². The van der Waals surface area contributed by atoms with Crippen LogP contribution >= 0.6 is 0 Å². The number of hydrogen-bond acceptors (Lipinski definition) is 10. The van der Waals surface area contributed by atoms with Crippen molar-refractivity contribution in [2.24, 2.45) is 0 Å². The number of rotatable bonds is 5. The first-order valence-corrected chi connectivity index (χ1v) is 10.8. The Morgan fingerprint density at radius 2 is 1.60 bits per heavy atom. The zero-order chi connectivity index (χ0) is 24.4. The van der Waals surface area contributed by atoms with Crippen LogP contribution < -0.4 is 5.73 Å². The fourth-order valence-corrected chi connectivity index (χ4v) is 3.79. The van der Waals surface area contributed by atoms with Gasteiger partial charge in [0.05, 0.1) is 24.1 Å². The molecule has 5 rings (SSSR count). The molecule has 0 unspecified atom stereocenters. The van der Waals surface area contributed by atoms with Crippen molar-refractivity contribution in [1.29, 1.82) is 0 Å². The van der Waals surface area contributed by atoms with Gasteiger partial charge in [-0.1, -0.05) is 36.4 Å². The highest BCUT2D eigenvalue weighted by atomic mass is 16.6. The predicted octanol–water partition coefficient (Wildman–Crippen LogP) is 1.82. The van der Waals surface area contributed by atoms with Crippen LogP contribution in [0, 0.1) is 0 Å². The number of nitrogens with zero attached hydrogens (tertiary/aromatic N) is 3. The Hall–Kier alpha value is -4.35. The van der Waals surface area contributed by atoms with Crippen LogP contribution in [0.1, 0.15) is 32.6 Å². The maximum Gasteiger partial charge on any atom is 0.338 e. The van der Waals surface area contributed by atoms with Crippen LogP contribution in [-0.4, -0.2) is 61.9 Å². The van der Waals surface area contributed by atoms with E-state index in [1.165, 1.54) is 6.33 Å². The Kier molecular flexibility index (Phi) is 6.08. The summed E-state index contributed by atoms with van der Waals surface area (Å²) in [6.45, 7) is -0.189. The molecular weight excluding hydrogens is 454 g/mol. The Morgan fingerprint density at radius 1 is 0.971 bits per heavy atom. The van der Waals surface area contributed by atoms with Crippen LogP contribution in [0.5, 0.6) is 0 Å². The minimum atomic E-state index is -1.44. The summed E-state index contributed by atoms with van der Waals surface area (Å²) in [5.74, 6) is -1.17. The van der Waals surface area contributed by atoms with Gasteiger partial charge in [0.2, 0.25) is 0 Å². The molecule has 0 bridgehead atoms. The quantitative estimate of drug-likeness (QED) is 0.363. The number of aromatic nitrogens is 4. The van der Waals surface area contributed by atoms with E-state index in [1.54, 1.807) is 60.7 Å². The topological polar surface area (TPSA) is 163 Å². The normalized spacial score (nSPS) is 22.0. The Morgan fingerprint density at radius 3 is 2.26 bits per heavy atom. The molecule has 35 heavy (non-hydrogen) atoms. The molecule has 1 aliphatic rings. The zero-order valence-electron chi connectivity index (χ0n) is 18.3. The summed E-state index contributed by atoms with van der Waals surface area (Å²) < 4.78 is 17.0. The van der Waals surface area contributed by atoms with Crippen molar-refractivity contribution in [2.75, 3.05) is 12.3 Å². The fraction of sp³-hybridized carbons (Fsp3) is 0.208. The number of aromatic amines is 1. The maximum atomic E-state index is 12.8. The number of nitrogen functional groups attached to an aromatic ring is 1. The largest absolute Gasteiger partial charge is 0.453 e. The number of carbonyl (C=O) groups is 2. The van der Waals surface area contributed by atoms with Crippen LogP contribution in [0.3, 0.4) is 0 Å². The van der Waals surface area contributed by atoms with Gasteiger partial charge in [-0.2, -0.15) is 0 Å². The molecule has 0 aliphatic carbocycles. The van der Waals surface area contributed by atoms with Crippen molar-refractivity contribution in [3.05, 3.63) is 83.9 Å². The lowest BCUT2D eigenvalue weighted by Gasteiger charge is -2.38. The fourth-order valence-electron chi connectivity index (χ4n) is 3.79. The van der Waals surface area contributed by atoms with Crippen molar-refractivity contribution < 1.29 is 28.9 Å². The summed E-state index contributed by atoms with van der Waals surface area (Å²) in [7, 11) is 0. The van der Waals surface area contributed by atoms with E-state index >= 15 is 0 Å². The molecule has 2 aromatic heterocycles. The molecule has 4 atom stereocenters. The van der Waals surface area contributed by atoms with Gasteiger partial charge in [-0.25, -0.2) is 24.5 Å².